The highest BCUT2D eigenvalue weighted by molar-refractivity contribution is 5.79. The largest absolute Gasteiger partial charge is 0.489 e. The molecule has 1 N–H and O–H groups in total. The second-order valence-corrected chi connectivity index (χ2v) is 7.91. The zero-order chi connectivity index (χ0) is 22.1. The molecule has 2 amide bonds. The van der Waals surface area contributed by atoms with Gasteiger partial charge < -0.3 is 19.7 Å². The van der Waals surface area contributed by atoms with E-state index in [1.165, 1.54) is 0 Å². The van der Waals surface area contributed by atoms with Gasteiger partial charge in [-0.1, -0.05) is 30.3 Å². The average molecular weight is 426 g/mol. The Morgan fingerprint density at radius 1 is 0.903 bits per heavy atom. The molecule has 1 heterocycles. The molecule has 0 spiro atoms. The number of carbonyl (C=O) groups excluding carboxylic acids is 2. The number of hydrogen-bond donors (Lipinski definition) is 1. The van der Waals surface area contributed by atoms with Crippen LogP contribution in [0.15, 0.2) is 54.6 Å². The fourth-order valence-electron chi connectivity index (χ4n) is 3.34. The number of nitrogens with one attached hydrogen (secondary N) is 1. The first-order chi connectivity index (χ1) is 15.0. The molecule has 1 fully saturated rings. The van der Waals surface area contributed by atoms with Gasteiger partial charge in [0, 0.05) is 32.2 Å². The zero-order valence-corrected chi connectivity index (χ0v) is 18.3. The molecular formula is C24H31N3O4. The Labute approximate surface area is 183 Å². The van der Waals surface area contributed by atoms with E-state index in [4.69, 9.17) is 9.47 Å². The van der Waals surface area contributed by atoms with E-state index in [9.17, 15) is 9.59 Å². The van der Waals surface area contributed by atoms with Gasteiger partial charge in [0.25, 0.3) is 5.91 Å². The summed E-state index contributed by atoms with van der Waals surface area (Å²) in [6.45, 7) is 7.33. The van der Waals surface area contributed by atoms with Crippen molar-refractivity contribution in [2.24, 2.45) is 0 Å². The van der Waals surface area contributed by atoms with Gasteiger partial charge in [0.15, 0.2) is 6.61 Å². The highest BCUT2D eigenvalue weighted by Gasteiger charge is 2.22. The fourth-order valence-corrected chi connectivity index (χ4v) is 3.34. The normalized spacial score (nSPS) is 14.4. The van der Waals surface area contributed by atoms with Crippen LogP contribution in [0.25, 0.3) is 0 Å². The molecule has 1 aliphatic heterocycles. The van der Waals surface area contributed by atoms with E-state index in [1.807, 2.05) is 56.3 Å². The number of hydrogen-bond acceptors (Lipinski definition) is 5. The van der Waals surface area contributed by atoms with Crippen LogP contribution in [-0.4, -0.2) is 67.0 Å². The third-order valence-corrected chi connectivity index (χ3v) is 4.98. The number of ether oxygens (including phenoxy) is 2. The molecule has 166 valence electrons. The maximum atomic E-state index is 12.5. The summed E-state index contributed by atoms with van der Waals surface area (Å²) in [5, 5.41) is 2.89. The minimum absolute atomic E-state index is 0.00193. The molecule has 7 heteroatoms. The number of nitrogens with zero attached hydrogens (tertiary/aromatic N) is 2. The van der Waals surface area contributed by atoms with E-state index in [2.05, 4.69) is 10.2 Å². The van der Waals surface area contributed by atoms with E-state index in [0.29, 0.717) is 45.1 Å². The van der Waals surface area contributed by atoms with Gasteiger partial charge >= 0.3 is 0 Å². The van der Waals surface area contributed by atoms with Gasteiger partial charge in [0.1, 0.15) is 18.1 Å². The maximum absolute atomic E-state index is 12.5. The van der Waals surface area contributed by atoms with Gasteiger partial charge in [0.2, 0.25) is 5.91 Å². The van der Waals surface area contributed by atoms with Crippen molar-refractivity contribution in [1.82, 2.24) is 15.1 Å². The Morgan fingerprint density at radius 2 is 1.52 bits per heavy atom. The topological polar surface area (TPSA) is 71.1 Å². The molecule has 3 rings (SSSR count). The summed E-state index contributed by atoms with van der Waals surface area (Å²) in [5.41, 5.74) is 1.11. The Bertz CT molecular complexity index is 832. The molecule has 0 unspecified atom stereocenters. The molecular weight excluding hydrogens is 394 g/mol. The highest BCUT2D eigenvalue weighted by Crippen LogP contribution is 2.19. The van der Waals surface area contributed by atoms with Crippen molar-refractivity contribution in [3.05, 3.63) is 60.2 Å². The number of benzene rings is 2. The molecule has 0 aromatic heterocycles. The van der Waals surface area contributed by atoms with Gasteiger partial charge in [-0.15, -0.1) is 0 Å². The molecule has 0 saturated carbocycles. The molecule has 0 atom stereocenters. The van der Waals surface area contributed by atoms with E-state index in [0.717, 1.165) is 11.3 Å². The van der Waals surface area contributed by atoms with E-state index in [1.54, 1.807) is 17.0 Å². The highest BCUT2D eigenvalue weighted by atomic mass is 16.5. The van der Waals surface area contributed by atoms with Crippen molar-refractivity contribution >= 4 is 11.8 Å². The smallest absolute Gasteiger partial charge is 0.260 e. The summed E-state index contributed by atoms with van der Waals surface area (Å²) in [5.74, 6) is 1.36. The second-order valence-electron chi connectivity index (χ2n) is 7.91. The quantitative estimate of drug-likeness (QED) is 0.668. The molecule has 2 aromatic rings. The number of carbonyl (C=O) groups is 2. The zero-order valence-electron chi connectivity index (χ0n) is 18.3. The van der Waals surface area contributed by atoms with Crippen LogP contribution in [0.4, 0.5) is 0 Å². The van der Waals surface area contributed by atoms with Gasteiger partial charge in [-0.25, -0.2) is 0 Å². The van der Waals surface area contributed by atoms with Gasteiger partial charge in [0.05, 0.1) is 6.54 Å². The lowest BCUT2D eigenvalue weighted by atomic mass is 10.2. The average Bonchev–Trinajstić information content (AvgIpc) is 2.77. The van der Waals surface area contributed by atoms with Crippen LogP contribution in [0.1, 0.15) is 19.4 Å². The van der Waals surface area contributed by atoms with Gasteiger partial charge in [-0.2, -0.15) is 0 Å². The first kappa shape index (κ1) is 22.6. The molecule has 31 heavy (non-hydrogen) atoms. The van der Waals surface area contributed by atoms with Crippen LogP contribution in [0, 0.1) is 0 Å². The van der Waals surface area contributed by atoms with Crippen molar-refractivity contribution in [2.45, 2.75) is 26.5 Å². The van der Waals surface area contributed by atoms with Gasteiger partial charge in [-0.3, -0.25) is 14.5 Å². The Balaban J connectivity index is 1.36. The van der Waals surface area contributed by atoms with Crippen LogP contribution in [0.3, 0.4) is 0 Å². The van der Waals surface area contributed by atoms with E-state index in [-0.39, 0.29) is 24.5 Å². The number of rotatable bonds is 9. The Hall–Kier alpha value is -3.06. The molecule has 7 nitrogen and oxygen atoms in total. The molecule has 0 bridgehead atoms. The SMILES string of the molecule is CC(C)NC(=O)CN1CCN(C(=O)COc2ccc(OCc3ccccc3)cc2)CC1. The Kier molecular flexibility index (Phi) is 8.29. The number of piperazine rings is 1. The fraction of sp³-hybridized carbons (Fsp3) is 0.417. The summed E-state index contributed by atoms with van der Waals surface area (Å²) in [7, 11) is 0. The summed E-state index contributed by atoms with van der Waals surface area (Å²) in [6.07, 6.45) is 0. The monoisotopic (exact) mass is 425 g/mol. The van der Waals surface area contributed by atoms with Crippen LogP contribution >= 0.6 is 0 Å². The van der Waals surface area contributed by atoms with Crippen molar-refractivity contribution in [3.8, 4) is 11.5 Å². The lowest BCUT2D eigenvalue weighted by molar-refractivity contribution is -0.135. The van der Waals surface area contributed by atoms with Crippen LogP contribution < -0.4 is 14.8 Å². The Morgan fingerprint density at radius 3 is 2.13 bits per heavy atom. The predicted molar refractivity (Wildman–Crippen MR) is 119 cm³/mol. The number of amides is 2. The van der Waals surface area contributed by atoms with Crippen molar-refractivity contribution < 1.29 is 19.1 Å². The third-order valence-electron chi connectivity index (χ3n) is 4.98. The summed E-state index contributed by atoms with van der Waals surface area (Å²) < 4.78 is 11.4. The van der Waals surface area contributed by atoms with E-state index >= 15 is 0 Å². The van der Waals surface area contributed by atoms with E-state index < -0.39 is 0 Å². The van der Waals surface area contributed by atoms with Crippen molar-refractivity contribution in [1.29, 1.82) is 0 Å². The lowest BCUT2D eigenvalue weighted by Gasteiger charge is -2.34. The minimum atomic E-state index is -0.0457. The molecule has 0 radical (unpaired) electrons. The molecule has 1 aliphatic rings. The lowest BCUT2D eigenvalue weighted by Crippen LogP contribution is -2.52. The standard InChI is InChI=1S/C24H31N3O4/c1-19(2)25-23(28)16-26-12-14-27(15-13-26)24(29)18-31-22-10-8-21(9-11-22)30-17-20-6-4-3-5-7-20/h3-11,19H,12-18H2,1-2H3,(H,25,28). The second kappa shape index (κ2) is 11.4. The van der Waals surface area contributed by atoms with Crippen LogP contribution in [0.2, 0.25) is 0 Å². The third kappa shape index (κ3) is 7.61. The van der Waals surface area contributed by atoms with Crippen molar-refractivity contribution in [2.75, 3.05) is 39.3 Å². The maximum Gasteiger partial charge on any atom is 0.260 e. The first-order valence-electron chi connectivity index (χ1n) is 10.7. The molecule has 1 saturated heterocycles. The van der Waals surface area contributed by atoms with Crippen LogP contribution in [-0.2, 0) is 16.2 Å². The molecule has 0 aliphatic carbocycles. The summed E-state index contributed by atoms with van der Waals surface area (Å²) in [6, 6.07) is 17.4. The van der Waals surface area contributed by atoms with Crippen molar-refractivity contribution in [3.63, 3.8) is 0 Å². The first-order valence-corrected chi connectivity index (χ1v) is 10.7. The summed E-state index contributed by atoms with van der Waals surface area (Å²) in [4.78, 5) is 28.2. The van der Waals surface area contributed by atoms with Crippen LogP contribution in [0.5, 0.6) is 11.5 Å². The minimum Gasteiger partial charge on any atom is -0.489 e. The molecule has 2 aromatic carbocycles. The predicted octanol–water partition coefficient (Wildman–Crippen LogP) is 2.31. The van der Waals surface area contributed by atoms with Gasteiger partial charge in [-0.05, 0) is 43.7 Å². The summed E-state index contributed by atoms with van der Waals surface area (Å²) >= 11 is 0.